The van der Waals surface area contributed by atoms with E-state index in [0.717, 1.165) is 16.5 Å². The maximum Gasteiger partial charge on any atom is 0.254 e. The second-order valence-electron chi connectivity index (χ2n) is 8.02. The molecule has 1 aliphatic heterocycles. The molecule has 3 aromatic rings. The molecule has 9 heteroatoms. The molecule has 2 atom stereocenters. The molecule has 0 saturated carbocycles. The molecule has 0 spiro atoms. The van der Waals surface area contributed by atoms with Crippen LogP contribution in [0.15, 0.2) is 59.5 Å². The van der Waals surface area contributed by atoms with Gasteiger partial charge in [0.25, 0.3) is 5.91 Å². The SMILES string of the molecule is COc1cc2c(cc1OC)[C@@H](C(=O)Nc1ccc(F)cc1Cl)[C@@H](c1ccc(SC)cc1)N(C)C2=O. The molecular formula is C26H24ClFN2O4S. The third-order valence-electron chi connectivity index (χ3n) is 6.10. The van der Waals surface area contributed by atoms with Crippen LogP contribution in [0.3, 0.4) is 0 Å². The molecule has 2 amide bonds. The van der Waals surface area contributed by atoms with Gasteiger partial charge in [-0.1, -0.05) is 23.7 Å². The quantitative estimate of drug-likeness (QED) is 0.423. The number of rotatable bonds is 6. The predicted molar refractivity (Wildman–Crippen MR) is 135 cm³/mol. The number of likely N-dealkylation sites (N-methyl/N-ethyl adjacent to an activating group) is 1. The lowest BCUT2D eigenvalue weighted by molar-refractivity contribution is -0.119. The fraction of sp³-hybridized carbons (Fsp3) is 0.231. The van der Waals surface area contributed by atoms with Gasteiger partial charge in [-0.15, -0.1) is 11.8 Å². The maximum atomic E-state index is 13.8. The summed E-state index contributed by atoms with van der Waals surface area (Å²) >= 11 is 7.78. The zero-order valence-corrected chi connectivity index (χ0v) is 21.2. The summed E-state index contributed by atoms with van der Waals surface area (Å²) in [4.78, 5) is 29.9. The number of hydrogen-bond acceptors (Lipinski definition) is 5. The zero-order valence-electron chi connectivity index (χ0n) is 19.6. The summed E-state index contributed by atoms with van der Waals surface area (Å²) in [6.45, 7) is 0. The molecule has 1 heterocycles. The third kappa shape index (κ3) is 4.68. The summed E-state index contributed by atoms with van der Waals surface area (Å²) in [5.41, 5.74) is 1.91. The zero-order chi connectivity index (χ0) is 25.3. The van der Waals surface area contributed by atoms with Gasteiger partial charge in [-0.05, 0) is 59.8 Å². The monoisotopic (exact) mass is 514 g/mol. The number of methoxy groups -OCH3 is 2. The first-order valence-electron chi connectivity index (χ1n) is 10.7. The van der Waals surface area contributed by atoms with Gasteiger partial charge < -0.3 is 19.7 Å². The Hall–Kier alpha value is -3.23. The highest BCUT2D eigenvalue weighted by molar-refractivity contribution is 7.98. The number of nitrogens with one attached hydrogen (secondary N) is 1. The van der Waals surface area contributed by atoms with E-state index in [9.17, 15) is 14.0 Å². The average Bonchev–Trinajstić information content (AvgIpc) is 2.86. The van der Waals surface area contributed by atoms with Gasteiger partial charge in [-0.25, -0.2) is 4.39 Å². The number of halogens is 2. The van der Waals surface area contributed by atoms with Gasteiger partial charge in [-0.2, -0.15) is 0 Å². The molecule has 0 saturated heterocycles. The first-order chi connectivity index (χ1) is 16.8. The van der Waals surface area contributed by atoms with E-state index < -0.39 is 23.7 Å². The highest BCUT2D eigenvalue weighted by Gasteiger charge is 2.43. The summed E-state index contributed by atoms with van der Waals surface area (Å²) in [6.07, 6.45) is 1.98. The first-order valence-corrected chi connectivity index (χ1v) is 12.3. The summed E-state index contributed by atoms with van der Waals surface area (Å²) in [5, 5.41) is 2.90. The molecule has 4 rings (SSSR count). The van der Waals surface area contributed by atoms with Crippen molar-refractivity contribution >= 4 is 40.9 Å². The Morgan fingerprint density at radius 2 is 1.71 bits per heavy atom. The van der Waals surface area contributed by atoms with Gasteiger partial charge in [0.15, 0.2) is 11.5 Å². The van der Waals surface area contributed by atoms with E-state index >= 15 is 0 Å². The summed E-state index contributed by atoms with van der Waals surface area (Å²) in [5.74, 6) is -1.18. The minimum Gasteiger partial charge on any atom is -0.493 e. The van der Waals surface area contributed by atoms with E-state index in [1.807, 2.05) is 30.5 Å². The molecule has 3 aromatic carbocycles. The molecule has 0 aliphatic carbocycles. The molecule has 0 radical (unpaired) electrons. The third-order valence-corrected chi connectivity index (χ3v) is 7.16. The average molecular weight is 515 g/mol. The Morgan fingerprint density at radius 3 is 2.31 bits per heavy atom. The van der Waals surface area contributed by atoms with Gasteiger partial charge in [0, 0.05) is 17.5 Å². The van der Waals surface area contributed by atoms with Crippen molar-refractivity contribution in [3.8, 4) is 11.5 Å². The Morgan fingerprint density at radius 1 is 1.06 bits per heavy atom. The van der Waals surface area contributed by atoms with E-state index in [0.29, 0.717) is 22.6 Å². The molecule has 182 valence electrons. The van der Waals surface area contributed by atoms with Crippen LogP contribution in [0.4, 0.5) is 10.1 Å². The standard InChI is InChI=1S/C26H24ClFN2O4S/c1-30-24(14-5-8-16(35-4)9-6-14)23(25(31)29-20-10-7-15(28)11-19(20)27)17-12-21(33-2)22(34-3)13-18(17)26(30)32/h5-13,23-24H,1-4H3,(H,29,31)/t23-,24-/m1/s1. The molecule has 35 heavy (non-hydrogen) atoms. The fourth-order valence-electron chi connectivity index (χ4n) is 4.35. The van der Waals surface area contributed by atoms with Crippen LogP contribution >= 0.6 is 23.4 Å². The van der Waals surface area contributed by atoms with Crippen LogP contribution in [-0.4, -0.2) is 44.2 Å². The number of benzene rings is 3. The fourth-order valence-corrected chi connectivity index (χ4v) is 4.97. The van der Waals surface area contributed by atoms with E-state index in [2.05, 4.69) is 5.32 Å². The van der Waals surface area contributed by atoms with Crippen LogP contribution in [0.1, 0.15) is 33.4 Å². The molecular weight excluding hydrogens is 491 g/mol. The van der Waals surface area contributed by atoms with Crippen molar-refractivity contribution in [3.63, 3.8) is 0 Å². The van der Waals surface area contributed by atoms with Crippen molar-refractivity contribution in [2.45, 2.75) is 16.9 Å². The van der Waals surface area contributed by atoms with E-state index in [1.165, 1.54) is 26.4 Å². The maximum absolute atomic E-state index is 13.8. The van der Waals surface area contributed by atoms with Gasteiger partial charge in [-0.3, -0.25) is 9.59 Å². The number of fused-ring (bicyclic) bond motifs is 1. The number of ether oxygens (including phenoxy) is 2. The van der Waals surface area contributed by atoms with Gasteiger partial charge in [0.2, 0.25) is 5.91 Å². The van der Waals surface area contributed by atoms with Crippen LogP contribution in [0.25, 0.3) is 0 Å². The minimum absolute atomic E-state index is 0.0759. The Kier molecular flexibility index (Phi) is 7.23. The van der Waals surface area contributed by atoms with Crippen molar-refractivity contribution in [2.24, 2.45) is 0 Å². The van der Waals surface area contributed by atoms with Gasteiger partial charge in [0.1, 0.15) is 5.82 Å². The number of amides is 2. The van der Waals surface area contributed by atoms with Gasteiger partial charge in [0.05, 0.1) is 36.9 Å². The first kappa shape index (κ1) is 24.9. The van der Waals surface area contributed by atoms with Crippen LogP contribution in [0.2, 0.25) is 5.02 Å². The number of hydrogen-bond donors (Lipinski definition) is 1. The lowest BCUT2D eigenvalue weighted by Crippen LogP contribution is -2.44. The Bertz CT molecular complexity index is 1290. The summed E-state index contributed by atoms with van der Waals surface area (Å²) in [7, 11) is 4.64. The van der Waals surface area contributed by atoms with Crippen molar-refractivity contribution < 1.29 is 23.5 Å². The van der Waals surface area contributed by atoms with Gasteiger partial charge >= 0.3 is 0 Å². The largest absolute Gasteiger partial charge is 0.493 e. The van der Waals surface area contributed by atoms with Crippen LogP contribution in [0, 0.1) is 5.82 Å². The Labute approximate surface area is 212 Å². The number of nitrogens with zero attached hydrogens (tertiary/aromatic N) is 1. The highest BCUT2D eigenvalue weighted by atomic mass is 35.5. The van der Waals surface area contributed by atoms with Crippen LogP contribution in [0.5, 0.6) is 11.5 Å². The van der Waals surface area contributed by atoms with Crippen molar-refractivity contribution in [1.82, 2.24) is 4.90 Å². The molecule has 0 aromatic heterocycles. The molecule has 1 N–H and O–H groups in total. The number of anilines is 1. The molecule has 0 unspecified atom stereocenters. The normalized spacial score (nSPS) is 17.1. The second kappa shape index (κ2) is 10.2. The Balaban J connectivity index is 1.87. The number of thioether (sulfide) groups is 1. The summed E-state index contributed by atoms with van der Waals surface area (Å²) < 4.78 is 24.4. The molecule has 1 aliphatic rings. The van der Waals surface area contributed by atoms with Crippen molar-refractivity contribution in [2.75, 3.05) is 32.8 Å². The van der Waals surface area contributed by atoms with Crippen molar-refractivity contribution in [1.29, 1.82) is 0 Å². The van der Waals surface area contributed by atoms with Crippen LogP contribution in [-0.2, 0) is 4.79 Å². The van der Waals surface area contributed by atoms with E-state index in [4.69, 9.17) is 21.1 Å². The second-order valence-corrected chi connectivity index (χ2v) is 9.31. The van der Waals surface area contributed by atoms with Crippen LogP contribution < -0.4 is 14.8 Å². The smallest absolute Gasteiger partial charge is 0.254 e. The topological polar surface area (TPSA) is 67.9 Å². The molecule has 6 nitrogen and oxygen atoms in total. The highest BCUT2D eigenvalue weighted by Crippen LogP contribution is 2.46. The number of carbonyl (C=O) groups excluding carboxylic acids is 2. The molecule has 0 fully saturated rings. The lowest BCUT2D eigenvalue weighted by Gasteiger charge is -2.40. The van der Waals surface area contributed by atoms with E-state index in [1.54, 1.807) is 35.8 Å². The van der Waals surface area contributed by atoms with E-state index in [-0.39, 0.29) is 16.6 Å². The summed E-state index contributed by atoms with van der Waals surface area (Å²) in [6, 6.07) is 14.1. The minimum atomic E-state index is -0.811. The lowest BCUT2D eigenvalue weighted by atomic mass is 9.79. The van der Waals surface area contributed by atoms with Crippen molar-refractivity contribution in [3.05, 3.63) is 82.1 Å². The number of carbonyl (C=O) groups is 2. The molecule has 0 bridgehead atoms. The predicted octanol–water partition coefficient (Wildman–Crippen LogP) is 5.77.